The molecule has 0 aromatic heterocycles. The first-order valence-electron chi connectivity index (χ1n) is 8.50. The van der Waals surface area contributed by atoms with Crippen molar-refractivity contribution in [2.45, 2.75) is 38.3 Å². The largest absolute Gasteiger partial charge is 0.449 e. The van der Waals surface area contributed by atoms with E-state index in [-0.39, 0.29) is 22.5 Å². The summed E-state index contributed by atoms with van der Waals surface area (Å²) in [5, 5.41) is 3.58. The predicted octanol–water partition coefficient (Wildman–Crippen LogP) is 4.73. The molecule has 2 atom stereocenters. The summed E-state index contributed by atoms with van der Waals surface area (Å²) < 4.78 is 5.27. The van der Waals surface area contributed by atoms with Crippen LogP contribution < -0.4 is 5.32 Å². The van der Waals surface area contributed by atoms with Gasteiger partial charge in [0.05, 0.1) is 16.6 Å². The quantitative estimate of drug-likeness (QED) is 0.766. The molecule has 2 aromatic carbocycles. The molecule has 1 amide bonds. The summed E-state index contributed by atoms with van der Waals surface area (Å²) in [7, 11) is 0. The van der Waals surface area contributed by atoms with Gasteiger partial charge in [-0.2, -0.15) is 0 Å². The average molecular weight is 392 g/mol. The topological polar surface area (TPSA) is 55.4 Å². The van der Waals surface area contributed by atoms with E-state index in [1.165, 1.54) is 17.7 Å². The Balaban J connectivity index is 1.65. The van der Waals surface area contributed by atoms with Crippen molar-refractivity contribution in [3.05, 3.63) is 69.2 Å². The van der Waals surface area contributed by atoms with Crippen LogP contribution in [0.4, 0.5) is 0 Å². The van der Waals surface area contributed by atoms with E-state index in [0.717, 1.165) is 24.8 Å². The third-order valence-electron chi connectivity index (χ3n) is 4.49. The molecule has 0 heterocycles. The minimum Gasteiger partial charge on any atom is -0.449 e. The zero-order chi connectivity index (χ0) is 18.7. The van der Waals surface area contributed by atoms with E-state index >= 15 is 0 Å². The molecule has 2 aromatic rings. The first-order valence-corrected chi connectivity index (χ1v) is 9.25. The van der Waals surface area contributed by atoms with E-state index in [0.29, 0.717) is 5.02 Å². The van der Waals surface area contributed by atoms with Crippen molar-refractivity contribution in [2.24, 2.45) is 0 Å². The lowest BCUT2D eigenvalue weighted by Gasteiger charge is -2.27. The molecule has 3 rings (SSSR count). The fraction of sp³-hybridized carbons (Fsp3) is 0.300. The van der Waals surface area contributed by atoms with Crippen LogP contribution in [0.25, 0.3) is 0 Å². The maximum atomic E-state index is 12.5. The van der Waals surface area contributed by atoms with Crippen molar-refractivity contribution in [1.29, 1.82) is 0 Å². The first kappa shape index (κ1) is 18.7. The van der Waals surface area contributed by atoms with Crippen molar-refractivity contribution < 1.29 is 14.3 Å². The molecule has 0 unspecified atom stereocenters. The van der Waals surface area contributed by atoms with Crippen molar-refractivity contribution >= 4 is 35.1 Å². The van der Waals surface area contributed by atoms with Crippen molar-refractivity contribution in [3.63, 3.8) is 0 Å². The fourth-order valence-electron chi connectivity index (χ4n) is 3.12. The average Bonchev–Trinajstić information content (AvgIpc) is 2.63. The van der Waals surface area contributed by atoms with Crippen LogP contribution in [0.3, 0.4) is 0 Å². The maximum Gasteiger partial charge on any atom is 0.340 e. The molecule has 0 bridgehead atoms. The smallest absolute Gasteiger partial charge is 0.340 e. The monoisotopic (exact) mass is 391 g/mol. The van der Waals surface area contributed by atoms with Crippen molar-refractivity contribution in [3.8, 4) is 0 Å². The molecule has 0 saturated carbocycles. The van der Waals surface area contributed by atoms with Crippen LogP contribution >= 0.6 is 23.2 Å². The Bertz CT molecular complexity index is 838. The summed E-state index contributed by atoms with van der Waals surface area (Å²) in [4.78, 5) is 24.8. The van der Waals surface area contributed by atoms with E-state index in [4.69, 9.17) is 27.9 Å². The number of fused-ring (bicyclic) bond motifs is 1. The van der Waals surface area contributed by atoms with E-state index in [1.807, 2.05) is 18.2 Å². The van der Waals surface area contributed by atoms with Gasteiger partial charge in [-0.1, -0.05) is 47.5 Å². The molecular formula is C20H19Cl2NO3. The molecule has 6 heteroatoms. The van der Waals surface area contributed by atoms with Crippen LogP contribution in [0.5, 0.6) is 0 Å². The molecule has 136 valence electrons. The lowest BCUT2D eigenvalue weighted by atomic mass is 9.87. The Kier molecular flexibility index (Phi) is 5.84. The Labute approximate surface area is 162 Å². The molecule has 0 saturated heterocycles. The third kappa shape index (κ3) is 4.19. The molecule has 1 N–H and O–H groups in total. The molecule has 26 heavy (non-hydrogen) atoms. The fourth-order valence-corrected chi connectivity index (χ4v) is 3.49. The van der Waals surface area contributed by atoms with Crippen molar-refractivity contribution in [2.75, 3.05) is 0 Å². The van der Waals surface area contributed by atoms with Crippen LogP contribution in [-0.2, 0) is 16.0 Å². The number of esters is 1. The second kappa shape index (κ2) is 8.11. The number of carbonyl (C=O) groups excluding carboxylic acids is 2. The van der Waals surface area contributed by atoms with Crippen LogP contribution in [0.1, 0.15) is 47.3 Å². The normalized spacial score (nSPS) is 17.1. The molecule has 0 aliphatic heterocycles. The van der Waals surface area contributed by atoms with E-state index in [2.05, 4.69) is 11.4 Å². The van der Waals surface area contributed by atoms with Crippen molar-refractivity contribution in [1.82, 2.24) is 5.32 Å². The van der Waals surface area contributed by atoms with E-state index < -0.39 is 12.1 Å². The van der Waals surface area contributed by atoms with Crippen LogP contribution in [0.15, 0.2) is 42.5 Å². The van der Waals surface area contributed by atoms with Gasteiger partial charge in [0.2, 0.25) is 0 Å². The molecule has 1 aliphatic carbocycles. The number of benzene rings is 2. The van der Waals surface area contributed by atoms with Gasteiger partial charge in [0.25, 0.3) is 5.91 Å². The standard InChI is InChI=1S/C20H19Cl2NO3/c1-12(26-20(25)16-11-14(21)9-10-17(16)22)19(24)23-18-8-4-6-13-5-2-3-7-15(13)18/h2-3,5,7,9-12,18H,4,6,8H2,1H3,(H,23,24)/t12-,18+/m1/s1. The summed E-state index contributed by atoms with van der Waals surface area (Å²) in [6, 6.07) is 12.5. The van der Waals surface area contributed by atoms with Gasteiger partial charge in [-0.3, -0.25) is 4.79 Å². The number of hydrogen-bond donors (Lipinski definition) is 1. The zero-order valence-corrected chi connectivity index (χ0v) is 15.8. The highest BCUT2D eigenvalue weighted by molar-refractivity contribution is 6.35. The van der Waals surface area contributed by atoms with Gasteiger partial charge in [0.1, 0.15) is 0 Å². The second-order valence-electron chi connectivity index (χ2n) is 6.32. The second-order valence-corrected chi connectivity index (χ2v) is 7.17. The van der Waals surface area contributed by atoms with Crippen LogP contribution in [0, 0.1) is 0 Å². The summed E-state index contributed by atoms with van der Waals surface area (Å²) in [5.41, 5.74) is 2.52. The predicted molar refractivity (Wildman–Crippen MR) is 102 cm³/mol. The summed E-state index contributed by atoms with van der Waals surface area (Å²) >= 11 is 11.9. The molecule has 0 fully saturated rings. The maximum absolute atomic E-state index is 12.5. The molecular weight excluding hydrogens is 373 g/mol. The summed E-state index contributed by atoms with van der Waals surface area (Å²) in [6.45, 7) is 1.54. The minimum absolute atomic E-state index is 0.0663. The Morgan fingerprint density at radius 2 is 1.96 bits per heavy atom. The number of aryl methyl sites for hydroxylation is 1. The van der Waals surface area contributed by atoms with Gasteiger partial charge < -0.3 is 10.1 Å². The van der Waals surface area contributed by atoms with E-state index in [9.17, 15) is 9.59 Å². The highest BCUT2D eigenvalue weighted by atomic mass is 35.5. The van der Waals surface area contributed by atoms with Gasteiger partial charge in [-0.05, 0) is 55.5 Å². The first-order chi connectivity index (χ1) is 12.5. The van der Waals surface area contributed by atoms with Gasteiger partial charge in [-0.15, -0.1) is 0 Å². The van der Waals surface area contributed by atoms with E-state index in [1.54, 1.807) is 13.0 Å². The third-order valence-corrected chi connectivity index (χ3v) is 5.05. The summed E-state index contributed by atoms with van der Waals surface area (Å²) in [5.74, 6) is -1.01. The summed E-state index contributed by atoms with van der Waals surface area (Å²) in [6.07, 6.45) is 1.95. The zero-order valence-electron chi connectivity index (χ0n) is 14.3. The van der Waals surface area contributed by atoms with Crippen LogP contribution in [-0.4, -0.2) is 18.0 Å². The number of nitrogens with one attached hydrogen (secondary N) is 1. The number of halogens is 2. The minimum atomic E-state index is -0.938. The number of rotatable bonds is 4. The Hall–Kier alpha value is -2.04. The van der Waals surface area contributed by atoms with Gasteiger partial charge in [-0.25, -0.2) is 4.79 Å². The number of hydrogen-bond acceptors (Lipinski definition) is 3. The lowest BCUT2D eigenvalue weighted by Crippen LogP contribution is -2.39. The van der Waals surface area contributed by atoms with Gasteiger partial charge in [0.15, 0.2) is 6.10 Å². The lowest BCUT2D eigenvalue weighted by molar-refractivity contribution is -0.130. The molecule has 0 spiro atoms. The number of ether oxygens (including phenoxy) is 1. The van der Waals surface area contributed by atoms with Crippen LogP contribution in [0.2, 0.25) is 10.0 Å². The Morgan fingerprint density at radius 1 is 1.19 bits per heavy atom. The molecule has 1 aliphatic rings. The highest BCUT2D eigenvalue weighted by Gasteiger charge is 2.26. The Morgan fingerprint density at radius 3 is 2.77 bits per heavy atom. The SMILES string of the molecule is C[C@@H](OC(=O)c1cc(Cl)ccc1Cl)C(=O)N[C@H]1CCCc2ccccc21. The van der Waals surface area contributed by atoms with Gasteiger partial charge >= 0.3 is 5.97 Å². The molecule has 0 radical (unpaired) electrons. The number of carbonyl (C=O) groups is 2. The van der Waals surface area contributed by atoms with Gasteiger partial charge in [0, 0.05) is 5.02 Å². The number of amides is 1. The highest BCUT2D eigenvalue weighted by Crippen LogP contribution is 2.29. The molecule has 4 nitrogen and oxygen atoms in total.